The number of anilines is 1. The predicted molar refractivity (Wildman–Crippen MR) is 85.7 cm³/mol. The average molecular weight is 340 g/mol. The number of hydrogen-bond donors (Lipinski definition) is 2. The van der Waals surface area contributed by atoms with E-state index in [-0.39, 0.29) is 5.91 Å². The molecule has 1 amide bonds. The summed E-state index contributed by atoms with van der Waals surface area (Å²) in [7, 11) is 0. The van der Waals surface area contributed by atoms with Gasteiger partial charge in [0.2, 0.25) is 0 Å². The first kappa shape index (κ1) is 15.3. The summed E-state index contributed by atoms with van der Waals surface area (Å²) in [6.07, 6.45) is 2.32. The first-order valence-corrected chi connectivity index (χ1v) is 7.95. The van der Waals surface area contributed by atoms with Crippen molar-refractivity contribution in [3.05, 3.63) is 28.2 Å². The normalized spacial score (nSPS) is 17.1. The molecule has 1 fully saturated rings. The highest BCUT2D eigenvalue weighted by Gasteiger charge is 2.19. The molecule has 1 aliphatic heterocycles. The summed E-state index contributed by atoms with van der Waals surface area (Å²) in [5.41, 5.74) is 6.94. The van der Waals surface area contributed by atoms with E-state index in [4.69, 9.17) is 5.73 Å². The van der Waals surface area contributed by atoms with Gasteiger partial charge in [0.15, 0.2) is 0 Å². The molecule has 0 radical (unpaired) electrons. The van der Waals surface area contributed by atoms with Crippen molar-refractivity contribution in [3.8, 4) is 0 Å². The molecule has 0 aliphatic carbocycles. The molecule has 0 atom stereocenters. The number of piperidine rings is 1. The second kappa shape index (κ2) is 7.09. The van der Waals surface area contributed by atoms with E-state index in [1.54, 1.807) is 12.1 Å². The van der Waals surface area contributed by atoms with Gasteiger partial charge in [0, 0.05) is 16.7 Å². The Morgan fingerprint density at radius 1 is 1.45 bits per heavy atom. The lowest BCUT2D eigenvalue weighted by Gasteiger charge is -2.31. The molecule has 0 unspecified atom stereocenters. The Labute approximate surface area is 128 Å². The molecule has 0 aromatic heterocycles. The van der Waals surface area contributed by atoms with Crippen LogP contribution in [0.25, 0.3) is 0 Å². The molecule has 1 aromatic rings. The molecule has 1 saturated heterocycles. The van der Waals surface area contributed by atoms with Gasteiger partial charge in [-0.25, -0.2) is 0 Å². The number of amides is 1. The van der Waals surface area contributed by atoms with E-state index >= 15 is 0 Å². The van der Waals surface area contributed by atoms with Crippen LogP contribution < -0.4 is 11.1 Å². The zero-order valence-corrected chi connectivity index (χ0v) is 13.4. The van der Waals surface area contributed by atoms with Gasteiger partial charge >= 0.3 is 0 Å². The number of halogens is 1. The van der Waals surface area contributed by atoms with Gasteiger partial charge < -0.3 is 16.0 Å². The van der Waals surface area contributed by atoms with Crippen molar-refractivity contribution in [2.24, 2.45) is 5.92 Å². The summed E-state index contributed by atoms with van der Waals surface area (Å²) < 4.78 is 0.782. The third-order valence-electron chi connectivity index (χ3n) is 3.94. The number of nitrogens with one attached hydrogen (secondary N) is 1. The first-order valence-electron chi connectivity index (χ1n) is 7.15. The van der Waals surface area contributed by atoms with Crippen LogP contribution in [-0.4, -0.2) is 37.0 Å². The van der Waals surface area contributed by atoms with Crippen LogP contribution in [0.1, 0.15) is 30.1 Å². The van der Waals surface area contributed by atoms with Gasteiger partial charge in [-0.05, 0) is 72.5 Å². The summed E-state index contributed by atoms with van der Waals surface area (Å²) >= 11 is 3.39. The number of benzene rings is 1. The summed E-state index contributed by atoms with van der Waals surface area (Å²) in [4.78, 5) is 14.6. The van der Waals surface area contributed by atoms with Crippen LogP contribution in [-0.2, 0) is 0 Å². The van der Waals surface area contributed by atoms with Gasteiger partial charge in [-0.1, -0.05) is 6.92 Å². The lowest BCUT2D eigenvalue weighted by Crippen LogP contribution is -2.38. The van der Waals surface area contributed by atoms with Crippen molar-refractivity contribution in [3.63, 3.8) is 0 Å². The lowest BCUT2D eigenvalue weighted by atomic mass is 9.97. The van der Waals surface area contributed by atoms with Crippen LogP contribution in [0.15, 0.2) is 22.7 Å². The molecule has 1 heterocycles. The fourth-order valence-corrected chi connectivity index (χ4v) is 2.98. The number of hydrogen-bond acceptors (Lipinski definition) is 3. The van der Waals surface area contributed by atoms with Gasteiger partial charge in [-0.2, -0.15) is 0 Å². The minimum absolute atomic E-state index is 0.0536. The lowest BCUT2D eigenvalue weighted by molar-refractivity contribution is 0.0936. The van der Waals surface area contributed by atoms with Crippen molar-refractivity contribution < 1.29 is 4.79 Å². The highest BCUT2D eigenvalue weighted by Crippen LogP contribution is 2.20. The van der Waals surface area contributed by atoms with E-state index in [0.29, 0.717) is 17.2 Å². The smallest absolute Gasteiger partial charge is 0.252 e. The van der Waals surface area contributed by atoms with E-state index in [0.717, 1.165) is 43.5 Å². The van der Waals surface area contributed by atoms with E-state index in [2.05, 4.69) is 33.1 Å². The molecule has 0 saturated carbocycles. The summed E-state index contributed by atoms with van der Waals surface area (Å²) in [6.45, 7) is 6.34. The molecular formula is C15H22BrN3O. The zero-order valence-electron chi connectivity index (χ0n) is 11.9. The van der Waals surface area contributed by atoms with Crippen LogP contribution in [0.5, 0.6) is 0 Å². The molecule has 0 spiro atoms. The first-order chi connectivity index (χ1) is 9.60. The molecule has 5 heteroatoms. The second-order valence-electron chi connectivity index (χ2n) is 5.33. The molecule has 2 rings (SSSR count). The van der Waals surface area contributed by atoms with Crippen molar-refractivity contribution in [1.82, 2.24) is 10.2 Å². The number of likely N-dealkylation sites (tertiary alicyclic amines) is 1. The Hall–Kier alpha value is -1.07. The largest absolute Gasteiger partial charge is 0.399 e. The van der Waals surface area contributed by atoms with E-state index in [1.165, 1.54) is 0 Å². The van der Waals surface area contributed by atoms with Crippen molar-refractivity contribution in [1.29, 1.82) is 0 Å². The number of nitrogens with zero attached hydrogens (tertiary/aromatic N) is 1. The Bertz CT molecular complexity index is 470. The van der Waals surface area contributed by atoms with Crippen molar-refractivity contribution >= 4 is 27.5 Å². The molecule has 4 nitrogen and oxygen atoms in total. The molecule has 1 aliphatic rings. The summed E-state index contributed by atoms with van der Waals surface area (Å²) in [5.74, 6) is 0.531. The van der Waals surface area contributed by atoms with Crippen molar-refractivity contribution in [2.75, 3.05) is 31.9 Å². The van der Waals surface area contributed by atoms with E-state index in [9.17, 15) is 4.79 Å². The maximum absolute atomic E-state index is 12.2. The van der Waals surface area contributed by atoms with Crippen LogP contribution in [0.2, 0.25) is 0 Å². The van der Waals surface area contributed by atoms with Crippen LogP contribution in [0, 0.1) is 5.92 Å². The SMILES string of the molecule is CCN1CCC(CNC(=O)c2cc(N)ccc2Br)CC1. The third-order valence-corrected chi connectivity index (χ3v) is 4.63. The Kier molecular flexibility index (Phi) is 5.43. The van der Waals surface area contributed by atoms with Crippen molar-refractivity contribution in [2.45, 2.75) is 19.8 Å². The van der Waals surface area contributed by atoms with Crippen LogP contribution in [0.3, 0.4) is 0 Å². The Balaban J connectivity index is 1.85. The van der Waals surface area contributed by atoms with Gasteiger partial charge in [0.05, 0.1) is 5.56 Å². The maximum atomic E-state index is 12.2. The topological polar surface area (TPSA) is 58.4 Å². The molecular weight excluding hydrogens is 318 g/mol. The number of rotatable bonds is 4. The van der Waals surface area contributed by atoms with Gasteiger partial charge in [-0.15, -0.1) is 0 Å². The third kappa shape index (κ3) is 3.96. The molecule has 1 aromatic carbocycles. The minimum Gasteiger partial charge on any atom is -0.399 e. The molecule has 3 N–H and O–H groups in total. The molecule has 20 heavy (non-hydrogen) atoms. The number of carbonyl (C=O) groups excluding carboxylic acids is 1. The van der Waals surface area contributed by atoms with Gasteiger partial charge in [0.1, 0.15) is 0 Å². The zero-order chi connectivity index (χ0) is 14.5. The fraction of sp³-hybridized carbons (Fsp3) is 0.533. The predicted octanol–water partition coefficient (Wildman–Crippen LogP) is 2.49. The van der Waals surface area contributed by atoms with Gasteiger partial charge in [-0.3, -0.25) is 4.79 Å². The van der Waals surface area contributed by atoms with E-state index < -0.39 is 0 Å². The average Bonchev–Trinajstić information content (AvgIpc) is 2.47. The maximum Gasteiger partial charge on any atom is 0.252 e. The highest BCUT2D eigenvalue weighted by atomic mass is 79.9. The summed E-state index contributed by atoms with van der Waals surface area (Å²) in [5, 5.41) is 3.03. The monoisotopic (exact) mass is 339 g/mol. The number of nitrogen functional groups attached to an aromatic ring is 1. The molecule has 0 bridgehead atoms. The highest BCUT2D eigenvalue weighted by molar-refractivity contribution is 9.10. The minimum atomic E-state index is -0.0536. The molecule has 110 valence electrons. The number of nitrogens with two attached hydrogens (primary N) is 1. The fourth-order valence-electron chi connectivity index (χ4n) is 2.56. The number of carbonyl (C=O) groups is 1. The second-order valence-corrected chi connectivity index (χ2v) is 6.18. The van der Waals surface area contributed by atoms with Crippen LogP contribution >= 0.6 is 15.9 Å². The van der Waals surface area contributed by atoms with Gasteiger partial charge in [0.25, 0.3) is 5.91 Å². The Morgan fingerprint density at radius 2 is 2.15 bits per heavy atom. The standard InChI is InChI=1S/C15H22BrN3O/c1-2-19-7-5-11(6-8-19)10-18-15(20)13-9-12(17)3-4-14(13)16/h3-4,9,11H,2,5-8,10,17H2,1H3,(H,18,20). The van der Waals surface area contributed by atoms with Crippen LogP contribution in [0.4, 0.5) is 5.69 Å². The van der Waals surface area contributed by atoms with E-state index in [1.807, 2.05) is 6.07 Å². The summed E-state index contributed by atoms with van der Waals surface area (Å²) in [6, 6.07) is 5.30. The quantitative estimate of drug-likeness (QED) is 0.828. The Morgan fingerprint density at radius 3 is 2.80 bits per heavy atom.